The van der Waals surface area contributed by atoms with Gasteiger partial charge in [-0.15, -0.1) is 0 Å². The van der Waals surface area contributed by atoms with Crippen molar-refractivity contribution in [3.05, 3.63) is 34.6 Å². The maximum Gasteiger partial charge on any atom is 0.123 e. The maximum absolute atomic E-state index is 13.2. The van der Waals surface area contributed by atoms with Gasteiger partial charge < -0.3 is 5.32 Å². The van der Waals surface area contributed by atoms with Gasteiger partial charge >= 0.3 is 0 Å². The van der Waals surface area contributed by atoms with Gasteiger partial charge in [0, 0.05) is 36.7 Å². The first kappa shape index (κ1) is 12.8. The molecule has 2 nitrogen and oxygen atoms in total. The van der Waals surface area contributed by atoms with Crippen LogP contribution in [-0.4, -0.2) is 30.1 Å². The lowest BCUT2D eigenvalue weighted by Gasteiger charge is -2.36. The van der Waals surface area contributed by atoms with Crippen LogP contribution in [0.2, 0.25) is 5.02 Å². The van der Waals surface area contributed by atoms with Crippen LogP contribution in [0.15, 0.2) is 18.2 Å². The molecule has 1 fully saturated rings. The van der Waals surface area contributed by atoms with E-state index in [-0.39, 0.29) is 5.82 Å². The van der Waals surface area contributed by atoms with Gasteiger partial charge in [0.25, 0.3) is 0 Å². The first-order chi connectivity index (χ1) is 8.04. The van der Waals surface area contributed by atoms with Crippen molar-refractivity contribution < 1.29 is 4.39 Å². The third-order valence-corrected chi connectivity index (χ3v) is 3.40. The second-order valence-electron chi connectivity index (χ2n) is 4.90. The van der Waals surface area contributed by atoms with Crippen molar-refractivity contribution in [2.24, 2.45) is 0 Å². The van der Waals surface area contributed by atoms with Crippen LogP contribution in [0.4, 0.5) is 4.39 Å². The van der Waals surface area contributed by atoms with Gasteiger partial charge in [0.2, 0.25) is 0 Å². The maximum atomic E-state index is 13.2. The number of halogens is 2. The van der Waals surface area contributed by atoms with Crippen LogP contribution in [0, 0.1) is 5.82 Å². The molecule has 1 heterocycles. The summed E-state index contributed by atoms with van der Waals surface area (Å²) in [4.78, 5) is 2.31. The summed E-state index contributed by atoms with van der Waals surface area (Å²) in [5, 5.41) is 4.12. The minimum Gasteiger partial charge on any atom is -0.309 e. The fourth-order valence-corrected chi connectivity index (χ4v) is 2.65. The van der Waals surface area contributed by atoms with E-state index in [1.165, 1.54) is 12.1 Å². The molecular formula is C13H18ClFN2. The predicted molar refractivity (Wildman–Crippen MR) is 68.7 cm³/mol. The lowest BCUT2D eigenvalue weighted by atomic mass is 10.1. The first-order valence-electron chi connectivity index (χ1n) is 5.97. The Kier molecular flexibility index (Phi) is 4.02. The van der Waals surface area contributed by atoms with Crippen molar-refractivity contribution in [2.45, 2.75) is 32.5 Å². The highest BCUT2D eigenvalue weighted by Crippen LogP contribution is 2.20. The van der Waals surface area contributed by atoms with Crippen molar-refractivity contribution in [3.8, 4) is 0 Å². The second-order valence-corrected chi connectivity index (χ2v) is 5.31. The summed E-state index contributed by atoms with van der Waals surface area (Å²) in [6.07, 6.45) is 0. The summed E-state index contributed by atoms with van der Waals surface area (Å²) in [6, 6.07) is 5.48. The van der Waals surface area contributed by atoms with E-state index in [1.54, 1.807) is 6.07 Å². The average Bonchev–Trinajstić information content (AvgIpc) is 2.22. The molecular weight excluding hydrogens is 239 g/mol. The molecule has 0 spiro atoms. The molecule has 0 aliphatic carbocycles. The minimum atomic E-state index is -0.222. The fourth-order valence-electron chi connectivity index (χ4n) is 2.47. The predicted octanol–water partition coefficient (Wildman–Crippen LogP) is 2.66. The third kappa shape index (κ3) is 3.41. The molecule has 1 aliphatic heterocycles. The van der Waals surface area contributed by atoms with Crippen LogP contribution in [0.25, 0.3) is 0 Å². The Labute approximate surface area is 107 Å². The molecule has 1 N–H and O–H groups in total. The van der Waals surface area contributed by atoms with Gasteiger partial charge in [-0.1, -0.05) is 11.6 Å². The minimum absolute atomic E-state index is 0.222. The number of piperazine rings is 1. The molecule has 4 heteroatoms. The molecule has 1 aromatic carbocycles. The highest BCUT2D eigenvalue weighted by molar-refractivity contribution is 6.31. The molecule has 0 aromatic heterocycles. The molecule has 1 saturated heterocycles. The Hall–Kier alpha value is -0.640. The quantitative estimate of drug-likeness (QED) is 0.875. The summed E-state index contributed by atoms with van der Waals surface area (Å²) in [5.74, 6) is -0.222. The summed E-state index contributed by atoms with van der Waals surface area (Å²) in [5.41, 5.74) is 0.868. The number of nitrogens with one attached hydrogen (secondary N) is 1. The van der Waals surface area contributed by atoms with Crippen LogP contribution in [0.5, 0.6) is 0 Å². The number of rotatable bonds is 2. The van der Waals surface area contributed by atoms with Gasteiger partial charge in [-0.25, -0.2) is 4.39 Å². The third-order valence-electron chi connectivity index (χ3n) is 3.03. The van der Waals surface area contributed by atoms with Crippen LogP contribution in [-0.2, 0) is 6.54 Å². The summed E-state index contributed by atoms with van der Waals surface area (Å²) >= 11 is 6.08. The normalized spacial score (nSPS) is 26.1. The van der Waals surface area contributed by atoms with E-state index < -0.39 is 0 Å². The average molecular weight is 257 g/mol. The number of hydrogen-bond acceptors (Lipinski definition) is 2. The van der Waals surface area contributed by atoms with E-state index in [1.807, 2.05) is 0 Å². The van der Waals surface area contributed by atoms with Gasteiger partial charge in [-0.05, 0) is 37.6 Å². The van der Waals surface area contributed by atoms with Gasteiger partial charge in [0.05, 0.1) is 0 Å². The van der Waals surface area contributed by atoms with Crippen molar-refractivity contribution in [3.63, 3.8) is 0 Å². The Morgan fingerprint density at radius 3 is 2.65 bits per heavy atom. The molecule has 0 radical (unpaired) electrons. The van der Waals surface area contributed by atoms with Crippen molar-refractivity contribution in [2.75, 3.05) is 13.1 Å². The lowest BCUT2D eigenvalue weighted by molar-refractivity contribution is 0.166. The zero-order valence-corrected chi connectivity index (χ0v) is 11.0. The SMILES string of the molecule is CC1CN(Cc2cc(F)ccc2Cl)CC(C)N1. The molecule has 2 unspecified atom stereocenters. The van der Waals surface area contributed by atoms with E-state index >= 15 is 0 Å². The number of nitrogens with zero attached hydrogens (tertiary/aromatic N) is 1. The highest BCUT2D eigenvalue weighted by atomic mass is 35.5. The first-order valence-corrected chi connectivity index (χ1v) is 6.34. The Morgan fingerprint density at radius 1 is 1.35 bits per heavy atom. The van der Waals surface area contributed by atoms with E-state index in [0.29, 0.717) is 23.7 Å². The Balaban J connectivity index is 2.07. The number of benzene rings is 1. The van der Waals surface area contributed by atoms with E-state index in [2.05, 4.69) is 24.1 Å². The van der Waals surface area contributed by atoms with Crippen LogP contribution in [0.1, 0.15) is 19.4 Å². The summed E-state index contributed by atoms with van der Waals surface area (Å²) in [6.45, 7) is 6.98. The monoisotopic (exact) mass is 256 g/mol. The molecule has 1 aromatic rings. The van der Waals surface area contributed by atoms with Gasteiger partial charge in [0.1, 0.15) is 5.82 Å². The smallest absolute Gasteiger partial charge is 0.123 e. The van der Waals surface area contributed by atoms with E-state index in [4.69, 9.17) is 11.6 Å². The van der Waals surface area contributed by atoms with Crippen LogP contribution in [0.3, 0.4) is 0 Å². The van der Waals surface area contributed by atoms with Crippen LogP contribution < -0.4 is 5.32 Å². The molecule has 2 atom stereocenters. The zero-order chi connectivity index (χ0) is 12.4. The highest BCUT2D eigenvalue weighted by Gasteiger charge is 2.21. The summed E-state index contributed by atoms with van der Waals surface area (Å²) < 4.78 is 13.2. The van der Waals surface area contributed by atoms with Gasteiger partial charge in [-0.2, -0.15) is 0 Å². The second kappa shape index (κ2) is 5.34. The van der Waals surface area contributed by atoms with Gasteiger partial charge in [-0.3, -0.25) is 4.90 Å². The van der Waals surface area contributed by atoms with Crippen molar-refractivity contribution in [1.29, 1.82) is 0 Å². The largest absolute Gasteiger partial charge is 0.309 e. The van der Waals surface area contributed by atoms with Crippen molar-refractivity contribution >= 4 is 11.6 Å². The Morgan fingerprint density at radius 2 is 2.00 bits per heavy atom. The summed E-state index contributed by atoms with van der Waals surface area (Å²) in [7, 11) is 0. The van der Waals surface area contributed by atoms with Crippen molar-refractivity contribution in [1.82, 2.24) is 10.2 Å². The lowest BCUT2D eigenvalue weighted by Crippen LogP contribution is -2.53. The zero-order valence-electron chi connectivity index (χ0n) is 10.2. The molecule has 1 aliphatic rings. The fraction of sp³-hybridized carbons (Fsp3) is 0.538. The molecule has 94 valence electrons. The molecule has 0 amide bonds. The molecule has 2 rings (SSSR count). The van der Waals surface area contributed by atoms with Crippen LogP contribution >= 0.6 is 11.6 Å². The van der Waals surface area contributed by atoms with E-state index in [9.17, 15) is 4.39 Å². The number of hydrogen-bond donors (Lipinski definition) is 1. The topological polar surface area (TPSA) is 15.3 Å². The van der Waals surface area contributed by atoms with Gasteiger partial charge in [0.15, 0.2) is 0 Å². The Bertz CT molecular complexity index is 387. The molecule has 0 saturated carbocycles. The standard InChI is InChI=1S/C13H18ClFN2/c1-9-6-17(7-10(2)16-9)8-11-5-12(15)3-4-13(11)14/h3-5,9-10,16H,6-8H2,1-2H3. The molecule has 17 heavy (non-hydrogen) atoms. The van der Waals surface area contributed by atoms with E-state index in [0.717, 1.165) is 18.7 Å². The molecule has 0 bridgehead atoms.